The van der Waals surface area contributed by atoms with E-state index >= 15 is 0 Å². The lowest BCUT2D eigenvalue weighted by atomic mass is 9.93. The van der Waals surface area contributed by atoms with Gasteiger partial charge in [-0.3, -0.25) is 9.58 Å². The van der Waals surface area contributed by atoms with Crippen molar-refractivity contribution in [2.45, 2.75) is 52.7 Å². The second-order valence-corrected chi connectivity index (χ2v) is 6.44. The van der Waals surface area contributed by atoms with Gasteiger partial charge >= 0.3 is 0 Å². The number of hydrogen-bond acceptors (Lipinski definition) is 3. The highest BCUT2D eigenvalue weighted by atomic mass is 16.5. The fraction of sp³-hybridized carbons (Fsp3) is 0.526. The Morgan fingerprint density at radius 3 is 2.91 bits per heavy atom. The van der Waals surface area contributed by atoms with Crippen LogP contribution in [0.4, 0.5) is 0 Å². The zero-order valence-electron chi connectivity index (χ0n) is 14.7. The Balaban J connectivity index is 1.79. The van der Waals surface area contributed by atoms with E-state index in [0.717, 1.165) is 38.2 Å². The first kappa shape index (κ1) is 16.1. The van der Waals surface area contributed by atoms with Crippen LogP contribution in [0.5, 0.6) is 5.75 Å². The van der Waals surface area contributed by atoms with Crippen LogP contribution >= 0.6 is 0 Å². The summed E-state index contributed by atoms with van der Waals surface area (Å²) in [6.07, 6.45) is 4.26. The lowest BCUT2D eigenvalue weighted by Gasteiger charge is -2.35. The number of nitrogens with zero attached hydrogens (tertiary/aromatic N) is 3. The lowest BCUT2D eigenvalue weighted by molar-refractivity contribution is 0.189. The van der Waals surface area contributed by atoms with Gasteiger partial charge < -0.3 is 4.74 Å². The van der Waals surface area contributed by atoms with Crippen molar-refractivity contribution in [2.24, 2.45) is 0 Å². The van der Waals surface area contributed by atoms with Crippen molar-refractivity contribution in [3.8, 4) is 5.75 Å². The molecular weight excluding hydrogens is 286 g/mol. The molecule has 0 radical (unpaired) electrons. The molecule has 0 N–H and O–H groups in total. The minimum absolute atomic E-state index is 0.405. The van der Waals surface area contributed by atoms with E-state index in [0.29, 0.717) is 6.04 Å². The van der Waals surface area contributed by atoms with Gasteiger partial charge in [-0.25, -0.2) is 0 Å². The molecule has 4 heteroatoms. The molecule has 1 aromatic heterocycles. The Bertz CT molecular complexity index is 677. The van der Waals surface area contributed by atoms with Crippen molar-refractivity contribution in [2.75, 3.05) is 13.7 Å². The van der Waals surface area contributed by atoms with E-state index in [4.69, 9.17) is 4.74 Å². The number of benzene rings is 1. The molecule has 0 fully saturated rings. The van der Waals surface area contributed by atoms with Gasteiger partial charge in [0.05, 0.1) is 13.3 Å². The van der Waals surface area contributed by atoms with E-state index in [1.807, 2.05) is 6.20 Å². The van der Waals surface area contributed by atoms with Crippen LogP contribution in [0.2, 0.25) is 0 Å². The van der Waals surface area contributed by atoms with E-state index < -0.39 is 0 Å². The Morgan fingerprint density at radius 2 is 2.17 bits per heavy atom. The number of fused-ring (bicyclic) bond motifs is 1. The Labute approximate surface area is 139 Å². The minimum atomic E-state index is 0.405. The van der Waals surface area contributed by atoms with Crippen LogP contribution in [0.1, 0.15) is 48.7 Å². The first-order chi connectivity index (χ1) is 11.1. The largest absolute Gasteiger partial charge is 0.497 e. The molecule has 1 atom stereocenters. The highest BCUT2D eigenvalue weighted by molar-refractivity contribution is 5.39. The molecule has 3 rings (SSSR count). The standard InChI is InChI=1S/C19H27N3O/c1-5-9-22-14(2)17(12-20-22)13-21-10-8-16-6-7-18(23-4)11-19(16)15(21)3/h6-7,11-12,15H,5,8-10,13H2,1-4H3. The summed E-state index contributed by atoms with van der Waals surface area (Å²) >= 11 is 0. The van der Waals surface area contributed by atoms with E-state index in [2.05, 4.69) is 53.7 Å². The fourth-order valence-electron chi connectivity index (χ4n) is 3.48. The topological polar surface area (TPSA) is 30.3 Å². The van der Waals surface area contributed by atoms with E-state index in [9.17, 15) is 0 Å². The normalized spacial score (nSPS) is 18.0. The van der Waals surface area contributed by atoms with Gasteiger partial charge in [0.2, 0.25) is 0 Å². The maximum atomic E-state index is 5.40. The zero-order valence-corrected chi connectivity index (χ0v) is 14.7. The molecule has 0 saturated carbocycles. The van der Waals surface area contributed by atoms with Gasteiger partial charge in [0.25, 0.3) is 0 Å². The van der Waals surface area contributed by atoms with E-state index in [1.54, 1.807) is 7.11 Å². The highest BCUT2D eigenvalue weighted by Crippen LogP contribution is 2.33. The van der Waals surface area contributed by atoms with Gasteiger partial charge in [-0.1, -0.05) is 13.0 Å². The Hall–Kier alpha value is -1.81. The predicted octanol–water partition coefficient (Wildman–Crippen LogP) is 3.73. The fourth-order valence-corrected chi connectivity index (χ4v) is 3.48. The second-order valence-electron chi connectivity index (χ2n) is 6.44. The third kappa shape index (κ3) is 3.13. The molecule has 1 aromatic carbocycles. The summed E-state index contributed by atoms with van der Waals surface area (Å²) in [4.78, 5) is 2.54. The molecule has 0 amide bonds. The van der Waals surface area contributed by atoms with E-state index in [-0.39, 0.29) is 0 Å². The molecule has 0 aliphatic carbocycles. The van der Waals surface area contributed by atoms with Crippen LogP contribution < -0.4 is 4.74 Å². The number of hydrogen-bond donors (Lipinski definition) is 0. The molecule has 0 saturated heterocycles. The third-order valence-electron chi connectivity index (χ3n) is 5.03. The van der Waals surface area contributed by atoms with Crippen LogP contribution in [-0.4, -0.2) is 28.3 Å². The molecule has 0 bridgehead atoms. The van der Waals surface area contributed by atoms with Gasteiger partial charge in [0.15, 0.2) is 0 Å². The van der Waals surface area contributed by atoms with Crippen molar-refractivity contribution in [1.29, 1.82) is 0 Å². The summed E-state index contributed by atoms with van der Waals surface area (Å²) in [7, 11) is 1.73. The maximum absolute atomic E-state index is 5.40. The van der Waals surface area contributed by atoms with Crippen molar-refractivity contribution >= 4 is 0 Å². The first-order valence-corrected chi connectivity index (χ1v) is 8.56. The summed E-state index contributed by atoms with van der Waals surface area (Å²) in [5.41, 5.74) is 5.49. The van der Waals surface area contributed by atoms with Gasteiger partial charge in [0, 0.05) is 36.9 Å². The molecule has 1 aliphatic heterocycles. The highest BCUT2D eigenvalue weighted by Gasteiger charge is 2.25. The average Bonchev–Trinajstić information content (AvgIpc) is 2.91. The Morgan fingerprint density at radius 1 is 1.35 bits per heavy atom. The average molecular weight is 313 g/mol. The van der Waals surface area contributed by atoms with Crippen LogP contribution in [-0.2, 0) is 19.5 Å². The van der Waals surface area contributed by atoms with Gasteiger partial charge in [-0.05, 0) is 49.9 Å². The molecule has 0 spiro atoms. The molecule has 2 heterocycles. The third-order valence-corrected chi connectivity index (χ3v) is 5.03. The lowest BCUT2D eigenvalue weighted by Crippen LogP contribution is -2.33. The van der Waals surface area contributed by atoms with Crippen LogP contribution in [0.15, 0.2) is 24.4 Å². The molecule has 1 aliphatic rings. The molecule has 23 heavy (non-hydrogen) atoms. The van der Waals surface area contributed by atoms with Crippen molar-refractivity contribution in [1.82, 2.24) is 14.7 Å². The summed E-state index contributed by atoms with van der Waals surface area (Å²) in [6.45, 7) is 9.73. The number of rotatable bonds is 5. The molecular formula is C19H27N3O. The van der Waals surface area contributed by atoms with Crippen LogP contribution in [0, 0.1) is 6.92 Å². The number of ether oxygens (including phenoxy) is 1. The van der Waals surface area contributed by atoms with Crippen molar-refractivity contribution < 1.29 is 4.74 Å². The quantitative estimate of drug-likeness (QED) is 0.842. The summed E-state index contributed by atoms with van der Waals surface area (Å²) in [6, 6.07) is 6.88. The molecule has 124 valence electrons. The first-order valence-electron chi connectivity index (χ1n) is 8.56. The number of aryl methyl sites for hydroxylation is 1. The monoisotopic (exact) mass is 313 g/mol. The van der Waals surface area contributed by atoms with Crippen molar-refractivity contribution in [3.05, 3.63) is 46.8 Å². The number of aromatic nitrogens is 2. The smallest absolute Gasteiger partial charge is 0.119 e. The van der Waals surface area contributed by atoms with Crippen LogP contribution in [0.25, 0.3) is 0 Å². The SMILES string of the molecule is CCCn1ncc(CN2CCc3ccc(OC)cc3C2C)c1C. The van der Waals surface area contributed by atoms with Crippen molar-refractivity contribution in [3.63, 3.8) is 0 Å². The molecule has 4 nitrogen and oxygen atoms in total. The molecule has 2 aromatic rings. The van der Waals surface area contributed by atoms with Gasteiger partial charge in [-0.15, -0.1) is 0 Å². The van der Waals surface area contributed by atoms with Gasteiger partial charge in [0.1, 0.15) is 5.75 Å². The van der Waals surface area contributed by atoms with Crippen LogP contribution in [0.3, 0.4) is 0 Å². The summed E-state index contributed by atoms with van der Waals surface area (Å²) in [5, 5.41) is 4.54. The summed E-state index contributed by atoms with van der Waals surface area (Å²) in [5.74, 6) is 0.949. The predicted molar refractivity (Wildman–Crippen MR) is 92.8 cm³/mol. The minimum Gasteiger partial charge on any atom is -0.497 e. The second kappa shape index (κ2) is 6.75. The zero-order chi connectivity index (χ0) is 16.4. The maximum Gasteiger partial charge on any atom is 0.119 e. The number of methoxy groups -OCH3 is 1. The summed E-state index contributed by atoms with van der Waals surface area (Å²) < 4.78 is 7.53. The van der Waals surface area contributed by atoms with Gasteiger partial charge in [-0.2, -0.15) is 5.10 Å². The van der Waals surface area contributed by atoms with E-state index in [1.165, 1.54) is 22.4 Å². The molecule has 1 unspecified atom stereocenters. The Kier molecular flexibility index (Phi) is 4.71.